The number of aromatic amines is 1. The van der Waals surface area contributed by atoms with Gasteiger partial charge in [-0.2, -0.15) is 5.10 Å². The van der Waals surface area contributed by atoms with Crippen molar-refractivity contribution in [1.29, 1.82) is 0 Å². The van der Waals surface area contributed by atoms with E-state index in [9.17, 15) is 4.79 Å². The van der Waals surface area contributed by atoms with Crippen LogP contribution in [-0.4, -0.2) is 33.0 Å². The molecule has 0 amide bonds. The highest BCUT2D eigenvalue weighted by Crippen LogP contribution is 2.12. The van der Waals surface area contributed by atoms with Crippen LogP contribution in [0.4, 0.5) is 0 Å². The molecular weight excluding hydrogens is 252 g/mol. The number of hydrogen-bond acceptors (Lipinski definition) is 4. The molecule has 2 rings (SSSR count). The monoisotopic (exact) mass is 266 g/mol. The summed E-state index contributed by atoms with van der Waals surface area (Å²) in [6.07, 6.45) is 1.70. The summed E-state index contributed by atoms with van der Waals surface area (Å²) in [5, 5.41) is 6.82. The fourth-order valence-electron chi connectivity index (χ4n) is 1.68. The van der Waals surface area contributed by atoms with Crippen molar-refractivity contribution in [1.82, 2.24) is 19.3 Å². The molecule has 0 aliphatic heterocycles. The Labute approximate surface area is 109 Å². The zero-order valence-corrected chi connectivity index (χ0v) is 11.0. The van der Waals surface area contributed by atoms with Gasteiger partial charge >= 0.3 is 0 Å². The molecule has 0 unspecified atom stereocenters. The van der Waals surface area contributed by atoms with Crippen LogP contribution >= 0.6 is 12.2 Å². The second kappa shape index (κ2) is 5.28. The van der Waals surface area contributed by atoms with Gasteiger partial charge in [-0.15, -0.1) is 0 Å². The van der Waals surface area contributed by atoms with E-state index >= 15 is 0 Å². The van der Waals surface area contributed by atoms with Gasteiger partial charge in [-0.3, -0.25) is 14.5 Å². The van der Waals surface area contributed by atoms with Crippen LogP contribution in [0.15, 0.2) is 23.1 Å². The molecular formula is C11H14N4O2S. The number of H-pyrrole nitrogens is 1. The first kappa shape index (κ1) is 12.7. The van der Waals surface area contributed by atoms with Gasteiger partial charge in [0.15, 0.2) is 10.6 Å². The largest absolute Gasteiger partial charge is 0.383 e. The lowest BCUT2D eigenvalue weighted by Gasteiger charge is -2.06. The second-order valence-electron chi connectivity index (χ2n) is 3.83. The molecule has 0 atom stereocenters. The molecule has 18 heavy (non-hydrogen) atoms. The van der Waals surface area contributed by atoms with E-state index in [0.29, 0.717) is 29.3 Å². The van der Waals surface area contributed by atoms with E-state index in [0.717, 1.165) is 0 Å². The number of nitrogens with zero attached hydrogens (tertiary/aromatic N) is 3. The van der Waals surface area contributed by atoms with Crippen molar-refractivity contribution in [2.75, 3.05) is 13.7 Å². The third-order valence-electron chi connectivity index (χ3n) is 2.64. The molecule has 7 heteroatoms. The average molecular weight is 266 g/mol. The van der Waals surface area contributed by atoms with Crippen LogP contribution < -0.4 is 5.56 Å². The Morgan fingerprint density at radius 3 is 3.06 bits per heavy atom. The number of methoxy groups -OCH3 is 1. The Bertz CT molecular complexity index is 656. The molecule has 96 valence electrons. The number of hydrogen-bond donors (Lipinski definition) is 1. The Kier molecular flexibility index (Phi) is 3.73. The molecule has 2 aromatic heterocycles. The molecule has 2 heterocycles. The normalized spacial score (nSPS) is 10.8. The van der Waals surface area contributed by atoms with E-state index < -0.39 is 0 Å². The molecule has 0 aromatic carbocycles. The lowest BCUT2D eigenvalue weighted by Crippen LogP contribution is -2.19. The van der Waals surface area contributed by atoms with Crippen LogP contribution in [-0.2, 0) is 18.3 Å². The lowest BCUT2D eigenvalue weighted by molar-refractivity contribution is 0.187. The minimum atomic E-state index is -0.106. The van der Waals surface area contributed by atoms with Gasteiger partial charge in [-0.1, -0.05) is 0 Å². The van der Waals surface area contributed by atoms with E-state index in [2.05, 4.69) is 10.2 Å². The Hall–Kier alpha value is -1.73. The summed E-state index contributed by atoms with van der Waals surface area (Å²) in [6.45, 7) is 1.06. The highest BCUT2D eigenvalue weighted by atomic mass is 32.1. The molecule has 0 spiro atoms. The van der Waals surface area contributed by atoms with Crippen LogP contribution in [0, 0.1) is 4.77 Å². The van der Waals surface area contributed by atoms with Crippen LogP contribution in [0.25, 0.3) is 11.4 Å². The van der Waals surface area contributed by atoms with E-state index in [-0.39, 0.29) is 5.56 Å². The van der Waals surface area contributed by atoms with Gasteiger partial charge in [0.25, 0.3) is 5.56 Å². The SMILES string of the molecule is COCCn1c(-c2cccn(C)c2=O)n[nH]c1=S. The molecule has 0 saturated heterocycles. The summed E-state index contributed by atoms with van der Waals surface area (Å²) >= 11 is 5.14. The van der Waals surface area contributed by atoms with E-state index in [4.69, 9.17) is 17.0 Å². The van der Waals surface area contributed by atoms with Gasteiger partial charge in [0, 0.05) is 20.4 Å². The average Bonchev–Trinajstić information content (AvgIpc) is 2.72. The third kappa shape index (κ3) is 2.27. The number of ether oxygens (including phenoxy) is 1. The molecule has 2 aromatic rings. The number of nitrogens with one attached hydrogen (secondary N) is 1. The van der Waals surface area contributed by atoms with E-state index in [1.54, 1.807) is 37.1 Å². The summed E-state index contributed by atoms with van der Waals surface area (Å²) in [5.74, 6) is 0.540. The van der Waals surface area contributed by atoms with Crippen molar-refractivity contribution >= 4 is 12.2 Å². The minimum absolute atomic E-state index is 0.106. The van der Waals surface area contributed by atoms with Crippen molar-refractivity contribution in [3.63, 3.8) is 0 Å². The molecule has 1 N–H and O–H groups in total. The summed E-state index contributed by atoms with van der Waals surface area (Å²) < 4.78 is 8.77. The second-order valence-corrected chi connectivity index (χ2v) is 4.22. The molecule has 0 aliphatic rings. The molecule has 6 nitrogen and oxygen atoms in total. The predicted octanol–water partition coefficient (Wildman–Crippen LogP) is 0.953. The van der Waals surface area contributed by atoms with E-state index in [1.165, 1.54) is 4.57 Å². The maximum absolute atomic E-state index is 12.0. The Morgan fingerprint density at radius 2 is 2.33 bits per heavy atom. The number of rotatable bonds is 4. The van der Waals surface area contributed by atoms with Gasteiger partial charge in [0.1, 0.15) is 0 Å². The van der Waals surface area contributed by atoms with Crippen LogP contribution in [0.5, 0.6) is 0 Å². The fraction of sp³-hybridized carbons (Fsp3) is 0.364. The molecule has 0 aliphatic carbocycles. The van der Waals surface area contributed by atoms with Gasteiger partial charge < -0.3 is 9.30 Å². The topological polar surface area (TPSA) is 64.8 Å². The smallest absolute Gasteiger partial charge is 0.261 e. The summed E-state index contributed by atoms with van der Waals surface area (Å²) in [6, 6.07) is 3.53. The first-order valence-corrected chi connectivity index (χ1v) is 5.86. The molecule has 0 fully saturated rings. The summed E-state index contributed by atoms with van der Waals surface area (Å²) in [7, 11) is 3.32. The highest BCUT2D eigenvalue weighted by Gasteiger charge is 2.12. The van der Waals surface area contributed by atoms with Gasteiger partial charge in [0.05, 0.1) is 18.7 Å². The van der Waals surface area contributed by atoms with Crippen LogP contribution in [0.1, 0.15) is 0 Å². The van der Waals surface area contributed by atoms with Gasteiger partial charge in [-0.05, 0) is 24.4 Å². The molecule has 0 bridgehead atoms. The molecule has 0 radical (unpaired) electrons. The van der Waals surface area contributed by atoms with Gasteiger partial charge in [0.2, 0.25) is 0 Å². The zero-order chi connectivity index (χ0) is 13.1. The number of aromatic nitrogens is 4. The maximum atomic E-state index is 12.0. The number of aryl methyl sites for hydroxylation is 1. The maximum Gasteiger partial charge on any atom is 0.261 e. The van der Waals surface area contributed by atoms with Crippen LogP contribution in [0.3, 0.4) is 0 Å². The van der Waals surface area contributed by atoms with Crippen molar-refractivity contribution in [3.8, 4) is 11.4 Å². The predicted molar refractivity (Wildman–Crippen MR) is 70.0 cm³/mol. The van der Waals surface area contributed by atoms with Crippen molar-refractivity contribution in [2.45, 2.75) is 6.54 Å². The first-order chi connectivity index (χ1) is 8.65. The Morgan fingerprint density at radius 1 is 1.56 bits per heavy atom. The van der Waals surface area contributed by atoms with E-state index in [1.807, 2.05) is 0 Å². The summed E-state index contributed by atoms with van der Waals surface area (Å²) in [4.78, 5) is 12.0. The fourth-order valence-corrected chi connectivity index (χ4v) is 1.90. The third-order valence-corrected chi connectivity index (χ3v) is 2.95. The van der Waals surface area contributed by atoms with Gasteiger partial charge in [-0.25, -0.2) is 0 Å². The van der Waals surface area contributed by atoms with Crippen LogP contribution in [0.2, 0.25) is 0 Å². The van der Waals surface area contributed by atoms with Crippen molar-refractivity contribution in [3.05, 3.63) is 33.5 Å². The zero-order valence-electron chi connectivity index (χ0n) is 10.2. The first-order valence-electron chi connectivity index (χ1n) is 5.45. The van der Waals surface area contributed by atoms with Crippen molar-refractivity contribution < 1.29 is 4.74 Å². The highest BCUT2D eigenvalue weighted by molar-refractivity contribution is 7.71. The van der Waals surface area contributed by atoms with Crippen molar-refractivity contribution in [2.24, 2.45) is 7.05 Å². The lowest BCUT2D eigenvalue weighted by atomic mass is 10.2. The summed E-state index contributed by atoms with van der Waals surface area (Å²) in [5.41, 5.74) is 0.411. The molecule has 0 saturated carbocycles. The Balaban J connectivity index is 2.54. The number of pyridine rings is 1. The standard InChI is InChI=1S/C11H14N4O2S/c1-14-5-3-4-8(10(14)16)9-12-13-11(18)15(9)6-7-17-2/h3-5H,6-7H2,1-2H3,(H,13,18). The quantitative estimate of drug-likeness (QED) is 0.837. The minimum Gasteiger partial charge on any atom is -0.383 e.